The highest BCUT2D eigenvalue weighted by Crippen LogP contribution is 2.39. The summed E-state index contributed by atoms with van der Waals surface area (Å²) in [4.78, 5) is 12.1. The molecular weight excluding hydrogens is 250 g/mol. The Morgan fingerprint density at radius 3 is 2.35 bits per heavy atom. The van der Waals surface area contributed by atoms with Gasteiger partial charge in [-0.15, -0.1) is 0 Å². The maximum Gasteiger partial charge on any atom is 0.311 e. The van der Waals surface area contributed by atoms with Gasteiger partial charge in [-0.1, -0.05) is 24.3 Å². The standard InChI is InChI=1S/C17H25NO2/c1-17(2,3)20-16(19)15(11-18)10-12-4-6-13(7-5-12)14-8-9-14/h4-7,14-15H,8-11,18H2,1-3H3. The Bertz CT molecular complexity index is 455. The monoisotopic (exact) mass is 275 g/mol. The van der Waals surface area contributed by atoms with Crippen LogP contribution in [0.4, 0.5) is 0 Å². The Balaban J connectivity index is 1.96. The fraction of sp³-hybridized carbons (Fsp3) is 0.588. The van der Waals surface area contributed by atoms with Crippen LogP contribution in [0.2, 0.25) is 0 Å². The van der Waals surface area contributed by atoms with Crippen LogP contribution in [0.1, 0.15) is 50.7 Å². The second-order valence-electron chi connectivity index (χ2n) is 6.69. The lowest BCUT2D eigenvalue weighted by molar-refractivity contribution is -0.159. The summed E-state index contributed by atoms with van der Waals surface area (Å²) in [7, 11) is 0. The van der Waals surface area contributed by atoms with Crippen LogP contribution >= 0.6 is 0 Å². The molecule has 2 N–H and O–H groups in total. The molecule has 110 valence electrons. The molecule has 0 spiro atoms. The Kier molecular flexibility index (Phi) is 4.48. The second kappa shape index (κ2) is 5.96. The largest absolute Gasteiger partial charge is 0.460 e. The molecule has 0 radical (unpaired) electrons. The van der Waals surface area contributed by atoms with E-state index in [-0.39, 0.29) is 11.9 Å². The summed E-state index contributed by atoms with van der Waals surface area (Å²) < 4.78 is 5.42. The molecule has 0 aliphatic heterocycles. The van der Waals surface area contributed by atoms with Crippen LogP contribution in [-0.4, -0.2) is 18.1 Å². The zero-order valence-electron chi connectivity index (χ0n) is 12.7. The van der Waals surface area contributed by atoms with E-state index < -0.39 is 5.60 Å². The number of carbonyl (C=O) groups excluding carboxylic acids is 1. The minimum atomic E-state index is -0.458. The summed E-state index contributed by atoms with van der Waals surface area (Å²) in [6.45, 7) is 5.95. The first-order valence-corrected chi connectivity index (χ1v) is 7.41. The number of benzene rings is 1. The summed E-state index contributed by atoms with van der Waals surface area (Å²) in [6, 6.07) is 8.58. The van der Waals surface area contributed by atoms with E-state index in [4.69, 9.17) is 10.5 Å². The van der Waals surface area contributed by atoms with Gasteiger partial charge in [0.1, 0.15) is 5.60 Å². The van der Waals surface area contributed by atoms with Crippen LogP contribution in [-0.2, 0) is 16.0 Å². The summed E-state index contributed by atoms with van der Waals surface area (Å²) in [5.74, 6) is 0.299. The second-order valence-corrected chi connectivity index (χ2v) is 6.69. The number of nitrogens with two attached hydrogens (primary N) is 1. The smallest absolute Gasteiger partial charge is 0.311 e. The maximum absolute atomic E-state index is 12.1. The van der Waals surface area contributed by atoms with E-state index in [1.54, 1.807) is 0 Å². The van der Waals surface area contributed by atoms with Crippen molar-refractivity contribution in [1.29, 1.82) is 0 Å². The van der Waals surface area contributed by atoms with E-state index in [2.05, 4.69) is 24.3 Å². The van der Waals surface area contributed by atoms with Gasteiger partial charge in [0.15, 0.2) is 0 Å². The van der Waals surface area contributed by atoms with Crippen LogP contribution in [0, 0.1) is 5.92 Å². The molecule has 0 saturated heterocycles. The van der Waals surface area contributed by atoms with Crippen LogP contribution in [0.5, 0.6) is 0 Å². The van der Waals surface area contributed by atoms with Crippen molar-refractivity contribution in [2.24, 2.45) is 11.7 Å². The molecule has 20 heavy (non-hydrogen) atoms. The highest BCUT2D eigenvalue weighted by molar-refractivity contribution is 5.73. The van der Waals surface area contributed by atoms with E-state index in [9.17, 15) is 4.79 Å². The number of hydrogen-bond donors (Lipinski definition) is 1. The van der Waals surface area contributed by atoms with Gasteiger partial charge in [-0.2, -0.15) is 0 Å². The van der Waals surface area contributed by atoms with E-state index in [0.29, 0.717) is 13.0 Å². The number of ether oxygens (including phenoxy) is 1. The van der Waals surface area contributed by atoms with Crippen LogP contribution in [0.3, 0.4) is 0 Å². The quantitative estimate of drug-likeness (QED) is 0.840. The Hall–Kier alpha value is -1.35. The minimum Gasteiger partial charge on any atom is -0.460 e. The number of hydrogen-bond acceptors (Lipinski definition) is 3. The van der Waals surface area contributed by atoms with Gasteiger partial charge in [0.05, 0.1) is 5.92 Å². The predicted molar refractivity (Wildman–Crippen MR) is 80.5 cm³/mol. The summed E-state index contributed by atoms with van der Waals surface area (Å²) >= 11 is 0. The van der Waals surface area contributed by atoms with E-state index in [1.807, 2.05) is 20.8 Å². The number of esters is 1. The molecule has 3 nitrogen and oxygen atoms in total. The highest BCUT2D eigenvalue weighted by Gasteiger charge is 2.25. The predicted octanol–water partition coefficient (Wildman–Crippen LogP) is 3.02. The van der Waals surface area contributed by atoms with Crippen LogP contribution < -0.4 is 5.73 Å². The lowest BCUT2D eigenvalue weighted by Gasteiger charge is -2.23. The van der Waals surface area contributed by atoms with E-state index in [1.165, 1.54) is 18.4 Å². The molecule has 3 heteroatoms. The van der Waals surface area contributed by atoms with Crippen molar-refractivity contribution in [2.45, 2.75) is 51.6 Å². The Labute approximate surface area is 121 Å². The van der Waals surface area contributed by atoms with Gasteiger partial charge in [0, 0.05) is 6.54 Å². The molecule has 0 aromatic heterocycles. The molecule has 1 fully saturated rings. The molecule has 1 atom stereocenters. The van der Waals surface area contributed by atoms with Gasteiger partial charge in [-0.25, -0.2) is 0 Å². The third kappa shape index (κ3) is 4.34. The summed E-state index contributed by atoms with van der Waals surface area (Å²) in [5.41, 5.74) is 7.83. The zero-order chi connectivity index (χ0) is 14.8. The van der Waals surface area contributed by atoms with Gasteiger partial charge in [0.25, 0.3) is 0 Å². The molecule has 1 aromatic carbocycles. The fourth-order valence-electron chi connectivity index (χ4n) is 2.28. The van der Waals surface area contributed by atoms with Gasteiger partial charge < -0.3 is 10.5 Å². The van der Waals surface area contributed by atoms with Crippen molar-refractivity contribution in [3.8, 4) is 0 Å². The molecule has 1 saturated carbocycles. The molecule has 2 rings (SSSR count). The van der Waals surface area contributed by atoms with Crippen molar-refractivity contribution in [3.05, 3.63) is 35.4 Å². The van der Waals surface area contributed by atoms with Crippen molar-refractivity contribution in [3.63, 3.8) is 0 Å². The third-order valence-electron chi connectivity index (χ3n) is 3.54. The first-order valence-electron chi connectivity index (χ1n) is 7.41. The first kappa shape index (κ1) is 15.0. The highest BCUT2D eigenvalue weighted by atomic mass is 16.6. The van der Waals surface area contributed by atoms with Crippen molar-refractivity contribution < 1.29 is 9.53 Å². The van der Waals surface area contributed by atoms with E-state index >= 15 is 0 Å². The fourth-order valence-corrected chi connectivity index (χ4v) is 2.28. The summed E-state index contributed by atoms with van der Waals surface area (Å²) in [5, 5.41) is 0. The number of rotatable bonds is 5. The normalized spacial score (nSPS) is 16.8. The first-order chi connectivity index (χ1) is 9.39. The molecule has 1 unspecified atom stereocenters. The average Bonchev–Trinajstić information content (AvgIpc) is 3.18. The molecule has 0 amide bonds. The van der Waals surface area contributed by atoms with Gasteiger partial charge in [-0.05, 0) is 57.1 Å². The molecular formula is C17H25NO2. The SMILES string of the molecule is CC(C)(C)OC(=O)C(CN)Cc1ccc(C2CC2)cc1. The van der Waals surface area contributed by atoms with Crippen molar-refractivity contribution in [1.82, 2.24) is 0 Å². The molecule has 0 bridgehead atoms. The van der Waals surface area contributed by atoms with Crippen LogP contribution in [0.15, 0.2) is 24.3 Å². The molecule has 1 aliphatic carbocycles. The van der Waals surface area contributed by atoms with Gasteiger partial charge in [0.2, 0.25) is 0 Å². The lowest BCUT2D eigenvalue weighted by atomic mass is 9.97. The maximum atomic E-state index is 12.1. The zero-order valence-corrected chi connectivity index (χ0v) is 12.7. The van der Waals surface area contributed by atoms with Crippen molar-refractivity contribution in [2.75, 3.05) is 6.54 Å². The Morgan fingerprint density at radius 1 is 1.30 bits per heavy atom. The Morgan fingerprint density at radius 2 is 1.90 bits per heavy atom. The molecule has 1 aliphatic rings. The summed E-state index contributed by atoms with van der Waals surface area (Å²) in [6.07, 6.45) is 3.27. The topological polar surface area (TPSA) is 52.3 Å². The van der Waals surface area contributed by atoms with Crippen LogP contribution in [0.25, 0.3) is 0 Å². The molecule has 0 heterocycles. The lowest BCUT2D eigenvalue weighted by Crippen LogP contribution is -2.33. The molecule has 1 aromatic rings. The van der Waals surface area contributed by atoms with Gasteiger partial charge in [-0.3, -0.25) is 4.79 Å². The number of carbonyl (C=O) groups is 1. The van der Waals surface area contributed by atoms with Crippen molar-refractivity contribution >= 4 is 5.97 Å². The van der Waals surface area contributed by atoms with E-state index in [0.717, 1.165) is 11.5 Å². The third-order valence-corrected chi connectivity index (χ3v) is 3.54. The minimum absolute atomic E-state index is 0.203. The average molecular weight is 275 g/mol. The van der Waals surface area contributed by atoms with Gasteiger partial charge >= 0.3 is 5.97 Å².